The van der Waals surface area contributed by atoms with E-state index in [0.29, 0.717) is 0 Å². The zero-order valence-corrected chi connectivity index (χ0v) is 7.57. The summed E-state index contributed by atoms with van der Waals surface area (Å²) >= 11 is 0. The summed E-state index contributed by atoms with van der Waals surface area (Å²) in [7, 11) is 0. The lowest BCUT2D eigenvalue weighted by molar-refractivity contribution is 1.35. The molecule has 65 valence electrons. The maximum atomic E-state index is 3.99. The van der Waals surface area contributed by atoms with Crippen molar-refractivity contribution in [1.29, 1.82) is 0 Å². The molecule has 1 radical (unpaired) electrons. The molecule has 1 heteroatoms. The number of benzene rings is 2. The highest BCUT2D eigenvalue weighted by Crippen LogP contribution is 2.23. The standard InChI is InChI=1S/C13H8N/c1-2-4-12-10(3-1)5-6-11-9-14-8-7-13(11)12/h1-7,9H. The number of pyridine rings is 1. The molecule has 0 amide bonds. The van der Waals surface area contributed by atoms with E-state index in [-0.39, 0.29) is 0 Å². The minimum Gasteiger partial charge on any atom is -0.254 e. The predicted octanol–water partition coefficient (Wildman–Crippen LogP) is 3.19. The Labute approximate surface area is 82.0 Å². The summed E-state index contributed by atoms with van der Waals surface area (Å²) in [6, 6.07) is 14.5. The molecular formula is C13H8N. The molecule has 3 rings (SSSR count). The van der Waals surface area contributed by atoms with Gasteiger partial charge in [-0.15, -0.1) is 0 Å². The Bertz CT molecular complexity index is 544. The van der Waals surface area contributed by atoms with Crippen molar-refractivity contribution < 1.29 is 0 Å². The summed E-state index contributed by atoms with van der Waals surface area (Å²) in [6.45, 7) is 0. The monoisotopic (exact) mass is 178 g/mol. The molecule has 1 heterocycles. The molecule has 0 unspecified atom stereocenters. The van der Waals surface area contributed by atoms with Crippen molar-refractivity contribution in [1.82, 2.24) is 4.98 Å². The van der Waals surface area contributed by atoms with Crippen LogP contribution in [0.25, 0.3) is 21.5 Å². The van der Waals surface area contributed by atoms with Gasteiger partial charge in [-0.3, -0.25) is 4.98 Å². The third kappa shape index (κ3) is 0.990. The Morgan fingerprint density at radius 2 is 1.71 bits per heavy atom. The lowest BCUT2D eigenvalue weighted by atomic mass is 10.0. The van der Waals surface area contributed by atoms with Crippen LogP contribution in [0.2, 0.25) is 0 Å². The van der Waals surface area contributed by atoms with E-state index in [1.807, 2.05) is 12.3 Å². The first-order chi connectivity index (χ1) is 6.95. The van der Waals surface area contributed by atoms with E-state index in [9.17, 15) is 0 Å². The largest absolute Gasteiger partial charge is 0.254 e. The van der Waals surface area contributed by atoms with Crippen molar-refractivity contribution >= 4 is 21.5 Å². The molecule has 1 aromatic heterocycles. The number of nitrogens with zero attached hydrogens (tertiary/aromatic N) is 1. The van der Waals surface area contributed by atoms with E-state index in [1.165, 1.54) is 21.5 Å². The van der Waals surface area contributed by atoms with Gasteiger partial charge in [0.05, 0.1) is 6.20 Å². The van der Waals surface area contributed by atoms with Gasteiger partial charge in [0.2, 0.25) is 0 Å². The van der Waals surface area contributed by atoms with Crippen molar-refractivity contribution in [2.24, 2.45) is 0 Å². The van der Waals surface area contributed by atoms with Gasteiger partial charge in [0.15, 0.2) is 0 Å². The van der Waals surface area contributed by atoms with Crippen molar-refractivity contribution in [3.05, 3.63) is 54.9 Å². The highest BCUT2D eigenvalue weighted by atomic mass is 14.6. The van der Waals surface area contributed by atoms with Crippen LogP contribution in [0.4, 0.5) is 0 Å². The molecule has 2 aromatic carbocycles. The molecule has 0 saturated heterocycles. The third-order valence-corrected chi connectivity index (χ3v) is 2.49. The fourth-order valence-electron chi connectivity index (χ4n) is 1.79. The molecule has 0 aliphatic heterocycles. The van der Waals surface area contributed by atoms with Crippen LogP contribution in [0.3, 0.4) is 0 Å². The van der Waals surface area contributed by atoms with Crippen LogP contribution >= 0.6 is 0 Å². The average molecular weight is 178 g/mol. The van der Waals surface area contributed by atoms with Gasteiger partial charge in [-0.2, -0.15) is 0 Å². The van der Waals surface area contributed by atoms with Crippen molar-refractivity contribution in [2.45, 2.75) is 0 Å². The second-order valence-electron chi connectivity index (χ2n) is 3.32. The lowest BCUT2D eigenvalue weighted by Gasteiger charge is -2.01. The molecular weight excluding hydrogens is 170 g/mol. The molecule has 0 spiro atoms. The first-order valence-corrected chi connectivity index (χ1v) is 4.59. The van der Waals surface area contributed by atoms with E-state index in [4.69, 9.17) is 0 Å². The molecule has 0 aliphatic carbocycles. The van der Waals surface area contributed by atoms with E-state index >= 15 is 0 Å². The normalized spacial score (nSPS) is 10.9. The maximum absolute atomic E-state index is 3.99. The first-order valence-electron chi connectivity index (χ1n) is 4.59. The number of hydrogen-bond donors (Lipinski definition) is 0. The minimum atomic E-state index is 1.17. The van der Waals surface area contributed by atoms with Crippen LogP contribution in [-0.2, 0) is 0 Å². The lowest BCUT2D eigenvalue weighted by Crippen LogP contribution is -1.78. The Hall–Kier alpha value is -1.89. The predicted molar refractivity (Wildman–Crippen MR) is 58.1 cm³/mol. The van der Waals surface area contributed by atoms with Gasteiger partial charge in [-0.05, 0) is 22.2 Å². The summed E-state index contributed by atoms with van der Waals surface area (Å²) in [6.07, 6.45) is 4.73. The summed E-state index contributed by atoms with van der Waals surface area (Å²) in [5, 5.41) is 4.92. The molecule has 0 atom stereocenters. The summed E-state index contributed by atoms with van der Waals surface area (Å²) in [5.41, 5.74) is 0. The van der Waals surface area contributed by atoms with Crippen LogP contribution in [-0.4, -0.2) is 4.98 Å². The third-order valence-electron chi connectivity index (χ3n) is 2.49. The molecule has 0 fully saturated rings. The minimum absolute atomic E-state index is 1.17. The molecule has 0 bridgehead atoms. The Balaban J connectivity index is 2.61. The Kier molecular flexibility index (Phi) is 1.51. The zero-order chi connectivity index (χ0) is 9.38. The second-order valence-corrected chi connectivity index (χ2v) is 3.32. The van der Waals surface area contributed by atoms with Gasteiger partial charge < -0.3 is 0 Å². The summed E-state index contributed by atoms with van der Waals surface area (Å²) in [5.74, 6) is 0. The van der Waals surface area contributed by atoms with Gasteiger partial charge in [0, 0.05) is 11.6 Å². The van der Waals surface area contributed by atoms with E-state index < -0.39 is 0 Å². The number of rotatable bonds is 0. The Morgan fingerprint density at radius 3 is 2.71 bits per heavy atom. The quantitative estimate of drug-likeness (QED) is 0.482. The van der Waals surface area contributed by atoms with E-state index in [2.05, 4.69) is 47.6 Å². The SMILES string of the molecule is [c]1cc2c(ccc3ccccc32)cn1. The van der Waals surface area contributed by atoms with Crippen LogP contribution in [0.1, 0.15) is 0 Å². The smallest absolute Gasteiger partial charge is 0.0892 e. The first kappa shape index (κ1) is 7.51. The second kappa shape index (κ2) is 2.81. The molecule has 0 saturated carbocycles. The number of fused-ring (bicyclic) bond motifs is 3. The van der Waals surface area contributed by atoms with Crippen LogP contribution in [0, 0.1) is 6.20 Å². The fourth-order valence-corrected chi connectivity index (χ4v) is 1.79. The van der Waals surface area contributed by atoms with E-state index in [1.54, 1.807) is 0 Å². The van der Waals surface area contributed by atoms with Crippen LogP contribution in [0.5, 0.6) is 0 Å². The maximum Gasteiger partial charge on any atom is 0.0892 e. The zero-order valence-electron chi connectivity index (χ0n) is 7.57. The highest BCUT2D eigenvalue weighted by Gasteiger charge is 1.97. The molecule has 0 aliphatic rings. The number of aromatic nitrogens is 1. The van der Waals surface area contributed by atoms with E-state index in [0.717, 1.165) is 0 Å². The van der Waals surface area contributed by atoms with Crippen LogP contribution in [0.15, 0.2) is 48.7 Å². The van der Waals surface area contributed by atoms with Crippen LogP contribution < -0.4 is 0 Å². The molecule has 0 N–H and O–H groups in total. The molecule has 3 aromatic rings. The average Bonchev–Trinajstić information content (AvgIpc) is 2.29. The van der Waals surface area contributed by atoms with Crippen molar-refractivity contribution in [3.8, 4) is 0 Å². The van der Waals surface area contributed by atoms with Gasteiger partial charge in [-0.25, -0.2) is 0 Å². The topological polar surface area (TPSA) is 12.9 Å². The van der Waals surface area contributed by atoms with Crippen molar-refractivity contribution in [3.63, 3.8) is 0 Å². The summed E-state index contributed by atoms with van der Waals surface area (Å²) < 4.78 is 0. The van der Waals surface area contributed by atoms with Crippen molar-refractivity contribution in [2.75, 3.05) is 0 Å². The summed E-state index contributed by atoms with van der Waals surface area (Å²) in [4.78, 5) is 3.99. The fraction of sp³-hybridized carbons (Fsp3) is 0. The van der Waals surface area contributed by atoms with Gasteiger partial charge in [0.25, 0.3) is 0 Å². The molecule has 1 nitrogen and oxygen atoms in total. The number of hydrogen-bond acceptors (Lipinski definition) is 1. The van der Waals surface area contributed by atoms with Gasteiger partial charge in [-0.1, -0.05) is 36.4 Å². The Morgan fingerprint density at radius 1 is 0.857 bits per heavy atom. The van der Waals surface area contributed by atoms with Gasteiger partial charge in [0.1, 0.15) is 0 Å². The highest BCUT2D eigenvalue weighted by molar-refractivity contribution is 6.06. The van der Waals surface area contributed by atoms with Gasteiger partial charge >= 0.3 is 0 Å². The molecule has 14 heavy (non-hydrogen) atoms.